The van der Waals surface area contributed by atoms with Crippen molar-refractivity contribution in [1.29, 1.82) is 0 Å². The molecule has 2 aliphatic rings. The molecule has 0 spiro atoms. The molecular weight excluding hydrogens is 389 g/mol. The summed E-state index contributed by atoms with van der Waals surface area (Å²) in [6.45, 7) is 4.23. The molecule has 8 heteroatoms. The van der Waals surface area contributed by atoms with Crippen LogP contribution in [0.25, 0.3) is 0 Å². The monoisotopic (exact) mass is 413 g/mol. The molecule has 0 saturated carbocycles. The number of anilines is 1. The highest BCUT2D eigenvalue weighted by atomic mass is 19.1. The van der Waals surface area contributed by atoms with Crippen LogP contribution in [0.2, 0.25) is 0 Å². The molecule has 1 N–H and O–H groups in total. The first kappa shape index (κ1) is 20.2. The average Bonchev–Trinajstić information content (AvgIpc) is 2.75. The maximum absolute atomic E-state index is 13.0. The van der Waals surface area contributed by atoms with E-state index in [1.54, 1.807) is 11.0 Å². The Labute approximate surface area is 174 Å². The van der Waals surface area contributed by atoms with Crippen LogP contribution in [-0.4, -0.2) is 66.5 Å². The quantitative estimate of drug-likeness (QED) is 0.832. The lowest BCUT2D eigenvalue weighted by molar-refractivity contribution is -0.146. The molecule has 0 bridgehead atoms. The predicted octanol–water partition coefficient (Wildman–Crippen LogP) is 2.14. The van der Waals surface area contributed by atoms with Crippen molar-refractivity contribution in [2.75, 3.05) is 38.0 Å². The van der Waals surface area contributed by atoms with Crippen molar-refractivity contribution in [3.05, 3.63) is 54.3 Å². The van der Waals surface area contributed by atoms with E-state index >= 15 is 0 Å². The lowest BCUT2D eigenvalue weighted by Gasteiger charge is -2.38. The largest absolute Gasteiger partial charge is 0.482 e. The summed E-state index contributed by atoms with van der Waals surface area (Å²) in [5.74, 6) is 0.595. The summed E-state index contributed by atoms with van der Waals surface area (Å²) in [5.41, 5.74) is 0.555. The molecule has 2 atom stereocenters. The number of hydrogen-bond donors (Lipinski definition) is 1. The van der Waals surface area contributed by atoms with Crippen LogP contribution < -0.4 is 14.8 Å². The van der Waals surface area contributed by atoms with E-state index in [9.17, 15) is 14.0 Å². The van der Waals surface area contributed by atoms with E-state index in [1.165, 1.54) is 24.3 Å². The molecule has 2 aromatic carbocycles. The Bertz CT molecular complexity index is 913. The number of para-hydroxylation sites is 2. The summed E-state index contributed by atoms with van der Waals surface area (Å²) in [5, 5.41) is 2.75. The number of carbonyl (C=O) groups excluding carboxylic acids is 2. The van der Waals surface area contributed by atoms with E-state index in [1.807, 2.05) is 30.0 Å². The van der Waals surface area contributed by atoms with Gasteiger partial charge < -0.3 is 19.7 Å². The fourth-order valence-electron chi connectivity index (χ4n) is 3.63. The second kappa shape index (κ2) is 8.71. The minimum atomic E-state index is -0.687. The Morgan fingerprint density at radius 1 is 1.00 bits per heavy atom. The summed E-state index contributed by atoms with van der Waals surface area (Å²) < 4.78 is 24.7. The zero-order valence-electron chi connectivity index (χ0n) is 16.7. The summed E-state index contributed by atoms with van der Waals surface area (Å²) in [4.78, 5) is 28.9. The Balaban J connectivity index is 1.27. The van der Waals surface area contributed by atoms with Gasteiger partial charge in [-0.3, -0.25) is 14.5 Å². The molecule has 2 unspecified atom stereocenters. The van der Waals surface area contributed by atoms with Crippen LogP contribution in [-0.2, 0) is 9.59 Å². The Hall–Kier alpha value is -3.13. The second-order valence-corrected chi connectivity index (χ2v) is 7.46. The molecule has 0 radical (unpaired) electrons. The van der Waals surface area contributed by atoms with Gasteiger partial charge in [0.2, 0.25) is 12.0 Å². The van der Waals surface area contributed by atoms with Gasteiger partial charge in [0, 0.05) is 31.9 Å². The summed E-state index contributed by atoms with van der Waals surface area (Å²) >= 11 is 0. The molecule has 4 rings (SSSR count). The molecule has 2 aromatic rings. The Morgan fingerprint density at radius 3 is 2.30 bits per heavy atom. The fourth-order valence-corrected chi connectivity index (χ4v) is 3.63. The van der Waals surface area contributed by atoms with Crippen molar-refractivity contribution < 1.29 is 23.5 Å². The number of fused-ring (bicyclic) bond motifs is 1. The molecule has 2 heterocycles. The van der Waals surface area contributed by atoms with Crippen molar-refractivity contribution in [3.63, 3.8) is 0 Å². The second-order valence-electron chi connectivity index (χ2n) is 7.46. The van der Waals surface area contributed by atoms with E-state index in [0.29, 0.717) is 43.4 Å². The third kappa shape index (κ3) is 4.54. The summed E-state index contributed by atoms with van der Waals surface area (Å²) in [6, 6.07) is 13.0. The van der Waals surface area contributed by atoms with Crippen LogP contribution >= 0.6 is 0 Å². The van der Waals surface area contributed by atoms with Gasteiger partial charge in [-0.05, 0) is 43.3 Å². The number of rotatable bonds is 4. The van der Waals surface area contributed by atoms with Gasteiger partial charge in [0.15, 0.2) is 11.5 Å². The zero-order valence-corrected chi connectivity index (χ0v) is 16.7. The maximum atomic E-state index is 13.0. The van der Waals surface area contributed by atoms with Crippen LogP contribution in [0.3, 0.4) is 0 Å². The molecular formula is C22H24FN3O4. The standard InChI is InChI=1S/C22H24FN3O4/c1-15-21(30-19-5-3-2-4-18(19)29-15)22(28)26-12-10-25(11-13-26)14-20(27)24-17-8-6-16(23)7-9-17/h2-9,15,21H,10-14H2,1H3,(H,24,27). The van der Waals surface area contributed by atoms with Gasteiger partial charge in [-0.1, -0.05) is 12.1 Å². The van der Waals surface area contributed by atoms with Gasteiger partial charge in [0.05, 0.1) is 6.54 Å². The first-order valence-corrected chi connectivity index (χ1v) is 9.98. The maximum Gasteiger partial charge on any atom is 0.267 e. The molecule has 158 valence electrons. The van der Waals surface area contributed by atoms with Crippen LogP contribution in [0.4, 0.5) is 10.1 Å². The minimum absolute atomic E-state index is 0.104. The first-order valence-electron chi connectivity index (χ1n) is 9.98. The average molecular weight is 413 g/mol. The van der Waals surface area contributed by atoms with Crippen molar-refractivity contribution in [2.45, 2.75) is 19.1 Å². The minimum Gasteiger partial charge on any atom is -0.482 e. The summed E-state index contributed by atoms with van der Waals surface area (Å²) in [7, 11) is 0. The molecule has 1 fully saturated rings. The van der Waals surface area contributed by atoms with E-state index in [2.05, 4.69) is 5.32 Å². The molecule has 0 aliphatic carbocycles. The first-order chi connectivity index (χ1) is 14.5. The topological polar surface area (TPSA) is 71.1 Å². The number of piperazine rings is 1. The van der Waals surface area contributed by atoms with E-state index in [-0.39, 0.29) is 30.3 Å². The molecule has 1 saturated heterocycles. The van der Waals surface area contributed by atoms with Gasteiger partial charge in [0.1, 0.15) is 11.9 Å². The molecule has 2 aliphatic heterocycles. The molecule has 0 aromatic heterocycles. The molecule has 7 nitrogen and oxygen atoms in total. The van der Waals surface area contributed by atoms with Crippen molar-refractivity contribution >= 4 is 17.5 Å². The van der Waals surface area contributed by atoms with Crippen LogP contribution in [0.5, 0.6) is 11.5 Å². The van der Waals surface area contributed by atoms with E-state index in [4.69, 9.17) is 9.47 Å². The zero-order chi connectivity index (χ0) is 21.1. The van der Waals surface area contributed by atoms with Crippen LogP contribution in [0.15, 0.2) is 48.5 Å². The van der Waals surface area contributed by atoms with Gasteiger partial charge in [-0.15, -0.1) is 0 Å². The molecule has 30 heavy (non-hydrogen) atoms. The van der Waals surface area contributed by atoms with Crippen LogP contribution in [0, 0.1) is 5.82 Å². The number of hydrogen-bond acceptors (Lipinski definition) is 5. The number of amides is 2. The van der Waals surface area contributed by atoms with Crippen molar-refractivity contribution in [2.24, 2.45) is 0 Å². The lowest BCUT2D eigenvalue weighted by Crippen LogP contribution is -2.56. The lowest BCUT2D eigenvalue weighted by atomic mass is 10.1. The van der Waals surface area contributed by atoms with Gasteiger partial charge in [-0.2, -0.15) is 0 Å². The van der Waals surface area contributed by atoms with Crippen LogP contribution in [0.1, 0.15) is 6.92 Å². The summed E-state index contributed by atoms with van der Waals surface area (Å²) in [6.07, 6.45) is -1.07. The van der Waals surface area contributed by atoms with Gasteiger partial charge >= 0.3 is 0 Å². The third-order valence-electron chi connectivity index (χ3n) is 5.26. The number of nitrogens with one attached hydrogen (secondary N) is 1. The van der Waals surface area contributed by atoms with Gasteiger partial charge in [-0.25, -0.2) is 4.39 Å². The van der Waals surface area contributed by atoms with Gasteiger partial charge in [0.25, 0.3) is 5.91 Å². The van der Waals surface area contributed by atoms with E-state index < -0.39 is 6.10 Å². The highest BCUT2D eigenvalue weighted by molar-refractivity contribution is 5.92. The van der Waals surface area contributed by atoms with E-state index in [0.717, 1.165) is 0 Å². The number of carbonyl (C=O) groups is 2. The van der Waals surface area contributed by atoms with Crippen molar-refractivity contribution in [1.82, 2.24) is 9.80 Å². The normalized spacial score (nSPS) is 21.2. The third-order valence-corrected chi connectivity index (χ3v) is 5.26. The smallest absolute Gasteiger partial charge is 0.267 e. The number of nitrogens with zero attached hydrogens (tertiary/aromatic N) is 2. The highest BCUT2D eigenvalue weighted by Gasteiger charge is 2.37. The Kier molecular flexibility index (Phi) is 5.85. The fraction of sp³-hybridized carbons (Fsp3) is 0.364. The Morgan fingerprint density at radius 2 is 1.63 bits per heavy atom. The number of ether oxygens (including phenoxy) is 2. The number of halogens is 1. The SMILES string of the molecule is CC1Oc2ccccc2OC1C(=O)N1CCN(CC(=O)Nc2ccc(F)cc2)CC1. The number of benzene rings is 2. The molecule has 2 amide bonds. The predicted molar refractivity (Wildman–Crippen MR) is 109 cm³/mol. The highest BCUT2D eigenvalue weighted by Crippen LogP contribution is 2.34. The van der Waals surface area contributed by atoms with Crippen molar-refractivity contribution in [3.8, 4) is 11.5 Å².